The molecule has 1 N–H and O–H groups in total. The van der Waals surface area contributed by atoms with Gasteiger partial charge >= 0.3 is 224 Å². The van der Waals surface area contributed by atoms with Crippen LogP contribution >= 0.6 is 0 Å². The third-order valence-corrected chi connectivity index (χ3v) is 11.2. The molecule has 0 spiro atoms. The summed E-state index contributed by atoms with van der Waals surface area (Å²) in [6, 6.07) is 8.20. The predicted octanol–water partition coefficient (Wildman–Crippen LogP) is 3.09. The van der Waals surface area contributed by atoms with E-state index >= 15 is 0 Å². The predicted molar refractivity (Wildman–Crippen MR) is 144 cm³/mol. The van der Waals surface area contributed by atoms with Crippen LogP contribution in [0.5, 0.6) is 0 Å². The molecule has 2 aliphatic rings. The molecular weight excluding hydrogens is 533 g/mol. The third kappa shape index (κ3) is 5.71. The molecule has 1 aliphatic heterocycles. The molecule has 1 aromatic carbocycles. The number of aromatic nitrogens is 3. The summed E-state index contributed by atoms with van der Waals surface area (Å²) in [6.07, 6.45) is 6.36. The summed E-state index contributed by atoms with van der Waals surface area (Å²) in [5.41, 5.74) is 4.59. The van der Waals surface area contributed by atoms with Crippen molar-refractivity contribution < 1.29 is 19.4 Å². The zero-order chi connectivity index (χ0) is 26.1. The van der Waals surface area contributed by atoms with Gasteiger partial charge in [0.1, 0.15) is 0 Å². The Morgan fingerprint density at radius 2 is 2.08 bits per heavy atom. The van der Waals surface area contributed by atoms with E-state index in [0.29, 0.717) is 12.1 Å². The van der Waals surface area contributed by atoms with E-state index in [1.165, 1.54) is 0 Å². The fraction of sp³-hybridized carbons (Fsp3) is 0.536. The van der Waals surface area contributed by atoms with Crippen LogP contribution in [0.25, 0.3) is 22.4 Å². The molecule has 198 valence electrons. The molecule has 2 aromatic heterocycles. The first kappa shape index (κ1) is 26.2. The van der Waals surface area contributed by atoms with Crippen LogP contribution in [0.2, 0.25) is 4.71 Å². The normalized spacial score (nSPS) is 19.9. The minimum absolute atomic E-state index is 0.0132. The number of hydrogen-bond acceptors (Lipinski definition) is 6. The van der Waals surface area contributed by atoms with E-state index in [-0.39, 0.29) is 23.7 Å². The van der Waals surface area contributed by atoms with Crippen molar-refractivity contribution in [1.82, 2.24) is 14.1 Å². The molecule has 8 nitrogen and oxygen atoms in total. The van der Waals surface area contributed by atoms with Crippen LogP contribution in [-0.4, -0.2) is 65.9 Å². The number of aliphatic hydroxyl groups is 1. The number of hydrogen-bond donors (Lipinski definition) is 1. The van der Waals surface area contributed by atoms with Crippen molar-refractivity contribution in [2.45, 2.75) is 80.7 Å². The number of aliphatic hydroxyl groups excluding tert-OH is 1. The third-order valence-electron chi connectivity index (χ3n) is 7.44. The maximum absolute atomic E-state index is 12.7. The van der Waals surface area contributed by atoms with Crippen LogP contribution in [-0.2, 0) is 33.1 Å². The van der Waals surface area contributed by atoms with Gasteiger partial charge in [0.25, 0.3) is 0 Å². The monoisotopic (exact) mass is 569 g/mol. The van der Waals surface area contributed by atoms with Gasteiger partial charge in [-0.2, -0.15) is 0 Å². The fourth-order valence-corrected chi connectivity index (χ4v) is 7.71. The molecule has 4 atom stereocenters. The van der Waals surface area contributed by atoms with Crippen molar-refractivity contribution in [3.05, 3.63) is 51.9 Å². The SMILES string of the molecule is Cc1cc(-c2nc3cc(C[AsH]C(C(=O)OC4CCC4)C(C)O)ccc3n2C[C@@H]2CCCO2)cn(C)c1=O. The van der Waals surface area contributed by atoms with Crippen LogP contribution in [0.1, 0.15) is 50.2 Å². The molecule has 0 radical (unpaired) electrons. The molecule has 1 saturated carbocycles. The van der Waals surface area contributed by atoms with Crippen LogP contribution in [0.15, 0.2) is 35.3 Å². The average molecular weight is 570 g/mol. The summed E-state index contributed by atoms with van der Waals surface area (Å²) in [4.78, 5) is 30.0. The molecular formula is C28H36AsN3O5. The van der Waals surface area contributed by atoms with Gasteiger partial charge in [-0.3, -0.25) is 0 Å². The topological polar surface area (TPSA) is 95.6 Å². The number of carbonyl (C=O) groups is 1. The minimum atomic E-state index is -0.817. The number of esters is 1. The number of carbonyl (C=O) groups excluding carboxylic acids is 1. The Kier molecular flexibility index (Phi) is 7.89. The molecule has 1 saturated heterocycles. The standard InChI is InChI=1S/C28H36AsN3O5/c1-17-12-20(15-31(3)27(17)34)26-30-23-13-19(9-10-24(23)32(26)16-22-8-5-11-36-22)14-29-25(18(2)33)28(35)37-21-6-4-7-21/h9-10,12-13,15,18,21-22,25,29,33H,4-8,11,14,16H2,1-3H3/t18?,22-,25?/m0/s1. The number of aryl methyl sites for hydroxylation is 2. The van der Waals surface area contributed by atoms with Crippen molar-refractivity contribution in [3.8, 4) is 11.4 Å². The van der Waals surface area contributed by atoms with Crippen molar-refractivity contribution in [1.29, 1.82) is 0 Å². The van der Waals surface area contributed by atoms with E-state index in [2.05, 4.69) is 22.8 Å². The van der Waals surface area contributed by atoms with E-state index in [1.54, 1.807) is 18.5 Å². The quantitative estimate of drug-likeness (QED) is 0.315. The zero-order valence-electron chi connectivity index (χ0n) is 21.8. The number of rotatable bonds is 9. The number of benzene rings is 1. The van der Waals surface area contributed by atoms with Gasteiger partial charge in [-0.05, 0) is 0 Å². The van der Waals surface area contributed by atoms with Gasteiger partial charge in [0.2, 0.25) is 0 Å². The van der Waals surface area contributed by atoms with Gasteiger partial charge < -0.3 is 0 Å². The molecule has 2 fully saturated rings. The molecule has 3 unspecified atom stereocenters. The summed E-state index contributed by atoms with van der Waals surface area (Å²) in [6.45, 7) is 5.01. The zero-order valence-corrected chi connectivity index (χ0v) is 23.9. The fourth-order valence-electron chi connectivity index (χ4n) is 5.09. The molecule has 0 amide bonds. The van der Waals surface area contributed by atoms with E-state index < -0.39 is 26.6 Å². The van der Waals surface area contributed by atoms with Crippen molar-refractivity contribution in [2.24, 2.45) is 7.05 Å². The van der Waals surface area contributed by atoms with E-state index in [4.69, 9.17) is 14.5 Å². The van der Waals surface area contributed by atoms with Crippen molar-refractivity contribution in [2.75, 3.05) is 6.61 Å². The van der Waals surface area contributed by atoms with E-state index in [1.807, 2.05) is 19.2 Å². The van der Waals surface area contributed by atoms with Gasteiger partial charge in [-0.15, -0.1) is 0 Å². The molecule has 3 heterocycles. The number of pyridine rings is 1. The second kappa shape index (κ2) is 11.1. The molecule has 3 aromatic rings. The second-order valence-corrected chi connectivity index (χ2v) is 13.3. The van der Waals surface area contributed by atoms with E-state index in [0.717, 1.165) is 71.9 Å². The number of fused-ring (bicyclic) bond motifs is 1. The first-order valence-electron chi connectivity index (χ1n) is 13.2. The molecule has 37 heavy (non-hydrogen) atoms. The maximum atomic E-state index is 12.7. The Labute approximate surface area is 223 Å². The molecule has 5 rings (SSSR count). The van der Waals surface area contributed by atoms with Crippen molar-refractivity contribution in [3.63, 3.8) is 0 Å². The summed E-state index contributed by atoms with van der Waals surface area (Å²) in [5.74, 6) is 0.581. The Morgan fingerprint density at radius 3 is 2.73 bits per heavy atom. The first-order valence-corrected chi connectivity index (χ1v) is 15.9. The van der Waals surface area contributed by atoms with Gasteiger partial charge in [0.15, 0.2) is 0 Å². The van der Waals surface area contributed by atoms with Gasteiger partial charge in [-0.1, -0.05) is 0 Å². The molecule has 0 bridgehead atoms. The first-order chi connectivity index (χ1) is 17.8. The van der Waals surface area contributed by atoms with Crippen molar-refractivity contribution >= 4 is 32.8 Å². The van der Waals surface area contributed by atoms with Crippen LogP contribution < -0.4 is 5.56 Å². The second-order valence-electron chi connectivity index (χ2n) is 10.4. The van der Waals surface area contributed by atoms with Crippen LogP contribution in [0.3, 0.4) is 0 Å². The molecule has 1 aliphatic carbocycles. The summed E-state index contributed by atoms with van der Waals surface area (Å²) >= 11 is -0.817. The van der Waals surface area contributed by atoms with Gasteiger partial charge in [0, 0.05) is 0 Å². The summed E-state index contributed by atoms with van der Waals surface area (Å²) < 4.78 is 14.9. The number of ether oxygens (including phenoxy) is 2. The van der Waals surface area contributed by atoms with E-state index in [9.17, 15) is 14.7 Å². The molecule has 9 heteroatoms. The number of nitrogens with zero attached hydrogens (tertiary/aromatic N) is 3. The van der Waals surface area contributed by atoms with Gasteiger partial charge in [0.05, 0.1) is 0 Å². The van der Waals surface area contributed by atoms with Crippen LogP contribution in [0.4, 0.5) is 0 Å². The summed E-state index contributed by atoms with van der Waals surface area (Å²) in [7, 11) is 1.77. The Morgan fingerprint density at radius 1 is 1.27 bits per heavy atom. The van der Waals surface area contributed by atoms with Gasteiger partial charge in [-0.25, -0.2) is 0 Å². The average Bonchev–Trinajstić information content (AvgIpc) is 3.47. The summed E-state index contributed by atoms with van der Waals surface area (Å²) in [5, 5.41) is 11.0. The number of imidazole rings is 1. The Balaban J connectivity index is 1.43. The Bertz CT molecular complexity index is 1310. The van der Waals surface area contributed by atoms with Crippen LogP contribution in [0, 0.1) is 6.92 Å². The Hall–Kier alpha value is -2.41.